The van der Waals surface area contributed by atoms with Crippen LogP contribution in [0.5, 0.6) is 0 Å². The van der Waals surface area contributed by atoms with E-state index in [-0.39, 0.29) is 0 Å². The van der Waals surface area contributed by atoms with E-state index < -0.39 is 0 Å². The first-order valence-corrected chi connectivity index (χ1v) is 5.64. The van der Waals surface area contributed by atoms with Gasteiger partial charge in [-0.3, -0.25) is 0 Å². The lowest BCUT2D eigenvalue weighted by Crippen LogP contribution is -2.43. The molecule has 1 rings (SSSR count). The van der Waals surface area contributed by atoms with E-state index in [4.69, 9.17) is 0 Å². The molecule has 1 heterocycles. The van der Waals surface area contributed by atoms with E-state index in [0.717, 1.165) is 5.92 Å². The first-order chi connectivity index (χ1) is 6.18. The van der Waals surface area contributed by atoms with Crippen molar-refractivity contribution < 1.29 is 0 Å². The SMILES string of the molecule is CC(C)CN1CCCCNC(C)C1. The van der Waals surface area contributed by atoms with Crippen LogP contribution in [-0.4, -0.2) is 37.1 Å². The quantitative estimate of drug-likeness (QED) is 0.703. The van der Waals surface area contributed by atoms with Crippen molar-refractivity contribution in [2.75, 3.05) is 26.2 Å². The van der Waals surface area contributed by atoms with Gasteiger partial charge in [0.25, 0.3) is 0 Å². The summed E-state index contributed by atoms with van der Waals surface area (Å²) in [6, 6.07) is 0.666. The highest BCUT2D eigenvalue weighted by Gasteiger charge is 2.13. The third-order valence-electron chi connectivity index (χ3n) is 2.55. The van der Waals surface area contributed by atoms with Crippen LogP contribution in [0.15, 0.2) is 0 Å². The molecule has 0 aliphatic carbocycles. The van der Waals surface area contributed by atoms with Gasteiger partial charge in [0.2, 0.25) is 0 Å². The maximum Gasteiger partial charge on any atom is 0.0166 e. The van der Waals surface area contributed by atoms with Gasteiger partial charge in [0, 0.05) is 19.1 Å². The van der Waals surface area contributed by atoms with Crippen molar-refractivity contribution in [3.8, 4) is 0 Å². The summed E-state index contributed by atoms with van der Waals surface area (Å²) in [5.74, 6) is 0.798. The van der Waals surface area contributed by atoms with Crippen molar-refractivity contribution in [2.24, 2.45) is 5.92 Å². The molecule has 1 saturated heterocycles. The molecule has 0 aromatic carbocycles. The number of hydrogen-bond donors (Lipinski definition) is 1. The summed E-state index contributed by atoms with van der Waals surface area (Å²) in [6.45, 7) is 11.9. The summed E-state index contributed by atoms with van der Waals surface area (Å²) in [6.07, 6.45) is 2.69. The molecule has 1 aliphatic heterocycles. The van der Waals surface area contributed by atoms with Gasteiger partial charge in [-0.15, -0.1) is 0 Å². The molecule has 1 aliphatic rings. The Kier molecular flexibility index (Phi) is 4.74. The molecule has 0 amide bonds. The van der Waals surface area contributed by atoms with Crippen LogP contribution in [0, 0.1) is 5.92 Å². The molecule has 78 valence electrons. The first kappa shape index (κ1) is 11.0. The lowest BCUT2D eigenvalue weighted by molar-refractivity contribution is 0.206. The zero-order valence-electron chi connectivity index (χ0n) is 9.34. The van der Waals surface area contributed by atoms with Crippen molar-refractivity contribution >= 4 is 0 Å². The second-order valence-corrected chi connectivity index (χ2v) is 4.72. The summed E-state index contributed by atoms with van der Waals surface area (Å²) < 4.78 is 0. The third-order valence-corrected chi connectivity index (χ3v) is 2.55. The average molecular weight is 184 g/mol. The number of rotatable bonds is 2. The van der Waals surface area contributed by atoms with E-state index in [1.165, 1.54) is 39.0 Å². The molecule has 2 nitrogen and oxygen atoms in total. The zero-order chi connectivity index (χ0) is 9.68. The monoisotopic (exact) mass is 184 g/mol. The number of nitrogens with zero attached hydrogens (tertiary/aromatic N) is 1. The van der Waals surface area contributed by atoms with Crippen molar-refractivity contribution in [2.45, 2.75) is 39.7 Å². The minimum absolute atomic E-state index is 0.666. The van der Waals surface area contributed by atoms with E-state index in [1.807, 2.05) is 0 Å². The van der Waals surface area contributed by atoms with E-state index in [0.29, 0.717) is 6.04 Å². The molecule has 2 heteroatoms. The number of nitrogens with one attached hydrogen (secondary N) is 1. The lowest BCUT2D eigenvalue weighted by Gasteiger charge is -2.30. The van der Waals surface area contributed by atoms with Gasteiger partial charge in [-0.25, -0.2) is 0 Å². The fraction of sp³-hybridized carbons (Fsp3) is 1.00. The van der Waals surface area contributed by atoms with Crippen molar-refractivity contribution in [1.29, 1.82) is 0 Å². The van der Waals surface area contributed by atoms with Crippen LogP contribution in [0.25, 0.3) is 0 Å². The maximum absolute atomic E-state index is 3.55. The molecule has 1 unspecified atom stereocenters. The van der Waals surface area contributed by atoms with Crippen LogP contribution < -0.4 is 5.32 Å². The fourth-order valence-corrected chi connectivity index (χ4v) is 2.03. The van der Waals surface area contributed by atoms with Crippen molar-refractivity contribution in [3.63, 3.8) is 0 Å². The maximum atomic E-state index is 3.55. The largest absolute Gasteiger partial charge is 0.313 e. The Morgan fingerprint density at radius 1 is 1.38 bits per heavy atom. The molecule has 13 heavy (non-hydrogen) atoms. The number of hydrogen-bond acceptors (Lipinski definition) is 2. The molecule has 0 radical (unpaired) electrons. The summed E-state index contributed by atoms with van der Waals surface area (Å²) in [5.41, 5.74) is 0. The lowest BCUT2D eigenvalue weighted by atomic mass is 10.1. The Labute approximate surface area is 82.7 Å². The topological polar surface area (TPSA) is 15.3 Å². The predicted molar refractivity (Wildman–Crippen MR) is 58.0 cm³/mol. The standard InChI is InChI=1S/C11H24N2/c1-10(2)8-13-7-5-4-6-12-11(3)9-13/h10-12H,4-9H2,1-3H3. The minimum atomic E-state index is 0.666. The van der Waals surface area contributed by atoms with E-state index in [1.54, 1.807) is 0 Å². The molecule has 0 aromatic heterocycles. The Hall–Kier alpha value is -0.0800. The average Bonchev–Trinajstić information content (AvgIpc) is 1.98. The third kappa shape index (κ3) is 4.63. The van der Waals surface area contributed by atoms with Gasteiger partial charge in [-0.2, -0.15) is 0 Å². The first-order valence-electron chi connectivity index (χ1n) is 5.64. The fourth-order valence-electron chi connectivity index (χ4n) is 2.03. The Bertz CT molecular complexity index is 134. The van der Waals surface area contributed by atoms with Crippen LogP contribution in [0.1, 0.15) is 33.6 Å². The van der Waals surface area contributed by atoms with Gasteiger partial charge in [-0.1, -0.05) is 13.8 Å². The van der Waals surface area contributed by atoms with E-state index in [9.17, 15) is 0 Å². The zero-order valence-corrected chi connectivity index (χ0v) is 9.34. The Morgan fingerprint density at radius 2 is 2.15 bits per heavy atom. The van der Waals surface area contributed by atoms with E-state index in [2.05, 4.69) is 31.0 Å². The summed E-state index contributed by atoms with van der Waals surface area (Å²) >= 11 is 0. The molecule has 0 saturated carbocycles. The smallest absolute Gasteiger partial charge is 0.0166 e. The molecule has 0 aromatic rings. The molecule has 1 fully saturated rings. The molecule has 0 bridgehead atoms. The van der Waals surface area contributed by atoms with Gasteiger partial charge in [0.1, 0.15) is 0 Å². The van der Waals surface area contributed by atoms with Gasteiger partial charge in [0.15, 0.2) is 0 Å². The summed E-state index contributed by atoms with van der Waals surface area (Å²) in [7, 11) is 0. The van der Waals surface area contributed by atoms with Crippen LogP contribution in [0.2, 0.25) is 0 Å². The normalized spacial score (nSPS) is 27.2. The van der Waals surface area contributed by atoms with Crippen LogP contribution in [-0.2, 0) is 0 Å². The van der Waals surface area contributed by atoms with Crippen LogP contribution >= 0.6 is 0 Å². The van der Waals surface area contributed by atoms with Gasteiger partial charge >= 0.3 is 0 Å². The van der Waals surface area contributed by atoms with Crippen molar-refractivity contribution in [3.05, 3.63) is 0 Å². The molecular formula is C11H24N2. The summed E-state index contributed by atoms with van der Waals surface area (Å²) in [4.78, 5) is 2.60. The van der Waals surface area contributed by atoms with Crippen LogP contribution in [0.4, 0.5) is 0 Å². The molecule has 1 N–H and O–H groups in total. The van der Waals surface area contributed by atoms with Gasteiger partial charge in [-0.05, 0) is 38.8 Å². The minimum Gasteiger partial charge on any atom is -0.313 e. The van der Waals surface area contributed by atoms with Crippen molar-refractivity contribution in [1.82, 2.24) is 10.2 Å². The molecular weight excluding hydrogens is 160 g/mol. The van der Waals surface area contributed by atoms with Crippen LogP contribution in [0.3, 0.4) is 0 Å². The van der Waals surface area contributed by atoms with Gasteiger partial charge < -0.3 is 10.2 Å². The van der Waals surface area contributed by atoms with E-state index >= 15 is 0 Å². The highest BCUT2D eigenvalue weighted by molar-refractivity contribution is 4.71. The second-order valence-electron chi connectivity index (χ2n) is 4.72. The molecule has 0 spiro atoms. The summed E-state index contributed by atoms with van der Waals surface area (Å²) in [5, 5.41) is 3.55. The second kappa shape index (κ2) is 5.61. The highest BCUT2D eigenvalue weighted by Crippen LogP contribution is 2.05. The predicted octanol–water partition coefficient (Wildman–Crippen LogP) is 1.72. The molecule has 1 atom stereocenters. The highest BCUT2D eigenvalue weighted by atomic mass is 15.2. The van der Waals surface area contributed by atoms with Gasteiger partial charge in [0.05, 0.1) is 0 Å². The Balaban J connectivity index is 2.32. The Morgan fingerprint density at radius 3 is 2.85 bits per heavy atom.